The summed E-state index contributed by atoms with van der Waals surface area (Å²) in [6.45, 7) is 8.57. The van der Waals surface area contributed by atoms with Gasteiger partial charge in [-0.25, -0.2) is 9.31 Å². The predicted molar refractivity (Wildman–Crippen MR) is 88.0 cm³/mol. The standard InChI is InChI=1S/C16H22N4O4/c1-15(2,3)24-14(23)18-13-17-11-8-6-7-10(20(11)19-13)9-16(4,5)12(21)22/h6-8H,9H2,1-5H3,(H,21,22)(H,18,19,23). The maximum absolute atomic E-state index is 11.8. The van der Waals surface area contributed by atoms with Crippen LogP contribution < -0.4 is 5.32 Å². The third-order valence-electron chi connectivity index (χ3n) is 3.25. The Labute approximate surface area is 139 Å². The molecule has 0 saturated heterocycles. The fraction of sp³-hybridized carbons (Fsp3) is 0.500. The summed E-state index contributed by atoms with van der Waals surface area (Å²) in [6.07, 6.45) is -0.375. The number of hydrogen-bond acceptors (Lipinski definition) is 5. The number of nitrogens with one attached hydrogen (secondary N) is 1. The van der Waals surface area contributed by atoms with Gasteiger partial charge in [-0.2, -0.15) is 4.98 Å². The molecule has 0 spiro atoms. The quantitative estimate of drug-likeness (QED) is 0.890. The van der Waals surface area contributed by atoms with Crippen molar-refractivity contribution in [3.8, 4) is 0 Å². The van der Waals surface area contributed by atoms with Crippen LogP contribution in [0.5, 0.6) is 0 Å². The fourth-order valence-electron chi connectivity index (χ4n) is 2.07. The summed E-state index contributed by atoms with van der Waals surface area (Å²) in [5.41, 5.74) is -0.372. The van der Waals surface area contributed by atoms with E-state index in [2.05, 4.69) is 15.4 Å². The summed E-state index contributed by atoms with van der Waals surface area (Å²) in [6, 6.07) is 5.28. The van der Waals surface area contributed by atoms with Crippen molar-refractivity contribution in [2.24, 2.45) is 5.41 Å². The summed E-state index contributed by atoms with van der Waals surface area (Å²) in [4.78, 5) is 27.3. The van der Waals surface area contributed by atoms with Crippen LogP contribution in [0.2, 0.25) is 0 Å². The zero-order chi connectivity index (χ0) is 18.1. The Hall–Kier alpha value is -2.64. The molecule has 0 atom stereocenters. The topological polar surface area (TPSA) is 106 Å². The third-order valence-corrected chi connectivity index (χ3v) is 3.25. The van der Waals surface area contributed by atoms with Crippen LogP contribution in [0.4, 0.5) is 10.7 Å². The molecular formula is C16H22N4O4. The second-order valence-electron chi connectivity index (χ2n) is 7.22. The Balaban J connectivity index is 2.27. The van der Waals surface area contributed by atoms with E-state index in [9.17, 15) is 14.7 Å². The van der Waals surface area contributed by atoms with Crippen LogP contribution in [0.1, 0.15) is 40.3 Å². The molecule has 2 N–H and O–H groups in total. The van der Waals surface area contributed by atoms with Crippen LogP contribution in [0.25, 0.3) is 5.65 Å². The predicted octanol–water partition coefficient (Wildman–Crippen LogP) is 2.73. The molecule has 8 heteroatoms. The molecule has 2 rings (SSSR count). The smallest absolute Gasteiger partial charge is 0.414 e. The minimum atomic E-state index is -0.945. The normalized spacial score (nSPS) is 12.2. The maximum atomic E-state index is 11.8. The van der Waals surface area contributed by atoms with Gasteiger partial charge in [-0.15, -0.1) is 5.10 Å². The SMILES string of the molecule is CC(C)(C)OC(=O)Nc1nc2cccc(CC(C)(C)C(=O)O)n2n1. The number of anilines is 1. The van der Waals surface area contributed by atoms with Crippen molar-refractivity contribution >= 4 is 23.7 Å². The molecule has 8 nitrogen and oxygen atoms in total. The lowest BCUT2D eigenvalue weighted by atomic mass is 9.88. The minimum Gasteiger partial charge on any atom is -0.481 e. The molecule has 0 aromatic carbocycles. The van der Waals surface area contributed by atoms with Gasteiger partial charge >= 0.3 is 12.1 Å². The average molecular weight is 334 g/mol. The van der Waals surface area contributed by atoms with Crippen molar-refractivity contribution in [1.82, 2.24) is 14.6 Å². The van der Waals surface area contributed by atoms with Crippen molar-refractivity contribution < 1.29 is 19.4 Å². The van der Waals surface area contributed by atoms with E-state index in [1.165, 1.54) is 4.52 Å². The summed E-state index contributed by atoms with van der Waals surface area (Å²) >= 11 is 0. The molecule has 130 valence electrons. The van der Waals surface area contributed by atoms with Gasteiger partial charge in [0.1, 0.15) is 5.60 Å². The number of hydrogen-bond donors (Lipinski definition) is 2. The first-order valence-electron chi connectivity index (χ1n) is 7.56. The van der Waals surface area contributed by atoms with Crippen LogP contribution in [0.15, 0.2) is 18.2 Å². The lowest BCUT2D eigenvalue weighted by Crippen LogP contribution is -2.28. The molecule has 0 saturated carbocycles. The highest BCUT2D eigenvalue weighted by molar-refractivity contribution is 5.82. The molecule has 2 aromatic heterocycles. The van der Waals surface area contributed by atoms with Gasteiger partial charge < -0.3 is 9.84 Å². The Kier molecular flexibility index (Phi) is 4.50. The number of carboxylic acid groups (broad SMARTS) is 1. The second kappa shape index (κ2) is 6.10. The number of aromatic nitrogens is 3. The monoisotopic (exact) mass is 334 g/mol. The molecule has 0 unspecified atom stereocenters. The molecule has 1 amide bonds. The van der Waals surface area contributed by atoms with Crippen LogP contribution in [-0.4, -0.2) is 37.4 Å². The van der Waals surface area contributed by atoms with Gasteiger partial charge in [0, 0.05) is 12.1 Å². The number of fused-ring (bicyclic) bond motifs is 1. The van der Waals surface area contributed by atoms with Gasteiger partial charge in [-0.3, -0.25) is 10.1 Å². The first-order valence-corrected chi connectivity index (χ1v) is 7.56. The van der Waals surface area contributed by atoms with Crippen molar-refractivity contribution in [3.63, 3.8) is 0 Å². The van der Waals surface area contributed by atoms with E-state index < -0.39 is 23.1 Å². The number of aliphatic carboxylic acids is 1. The van der Waals surface area contributed by atoms with E-state index in [1.54, 1.807) is 52.8 Å². The Morgan fingerprint density at radius 2 is 1.92 bits per heavy atom. The summed E-state index contributed by atoms with van der Waals surface area (Å²) in [5, 5.41) is 16.0. The highest BCUT2D eigenvalue weighted by atomic mass is 16.6. The number of amides is 1. The highest BCUT2D eigenvalue weighted by Crippen LogP contribution is 2.22. The molecular weight excluding hydrogens is 312 g/mol. The number of pyridine rings is 1. The molecule has 0 aliphatic rings. The molecule has 2 aromatic rings. The van der Waals surface area contributed by atoms with Crippen LogP contribution in [0.3, 0.4) is 0 Å². The maximum Gasteiger partial charge on any atom is 0.414 e. The number of rotatable bonds is 4. The molecule has 2 heterocycles. The van der Waals surface area contributed by atoms with Crippen molar-refractivity contribution in [2.45, 2.75) is 46.6 Å². The molecule has 0 fully saturated rings. The van der Waals surface area contributed by atoms with E-state index in [4.69, 9.17) is 4.74 Å². The number of carbonyl (C=O) groups excluding carboxylic acids is 1. The Bertz CT molecular complexity index is 774. The van der Waals surface area contributed by atoms with Gasteiger partial charge in [0.25, 0.3) is 5.95 Å². The van der Waals surface area contributed by atoms with Gasteiger partial charge in [0.05, 0.1) is 5.41 Å². The molecule has 0 aliphatic carbocycles. The lowest BCUT2D eigenvalue weighted by molar-refractivity contribution is -0.146. The summed E-state index contributed by atoms with van der Waals surface area (Å²) in [7, 11) is 0. The van der Waals surface area contributed by atoms with Gasteiger partial charge in [-0.1, -0.05) is 6.07 Å². The number of nitrogens with zero attached hydrogens (tertiary/aromatic N) is 3. The molecule has 24 heavy (non-hydrogen) atoms. The molecule has 0 radical (unpaired) electrons. The van der Waals surface area contributed by atoms with E-state index >= 15 is 0 Å². The van der Waals surface area contributed by atoms with Gasteiger partial charge in [0.15, 0.2) is 5.65 Å². The lowest BCUT2D eigenvalue weighted by Gasteiger charge is -2.19. The first kappa shape index (κ1) is 17.7. The number of carboxylic acids is 1. The summed E-state index contributed by atoms with van der Waals surface area (Å²) < 4.78 is 6.69. The van der Waals surface area contributed by atoms with Gasteiger partial charge in [-0.05, 0) is 46.8 Å². The van der Waals surface area contributed by atoms with Crippen LogP contribution in [-0.2, 0) is 16.0 Å². The fourth-order valence-corrected chi connectivity index (χ4v) is 2.07. The van der Waals surface area contributed by atoms with Crippen LogP contribution in [0, 0.1) is 5.41 Å². The third kappa shape index (κ3) is 4.21. The zero-order valence-electron chi connectivity index (χ0n) is 14.5. The summed E-state index contributed by atoms with van der Waals surface area (Å²) in [5.74, 6) is -0.795. The molecule has 0 bridgehead atoms. The van der Waals surface area contributed by atoms with E-state index in [0.29, 0.717) is 11.3 Å². The Morgan fingerprint density at radius 3 is 2.50 bits per heavy atom. The average Bonchev–Trinajstić information content (AvgIpc) is 2.79. The van der Waals surface area contributed by atoms with Gasteiger partial charge in [0.2, 0.25) is 0 Å². The van der Waals surface area contributed by atoms with E-state index in [0.717, 1.165) is 0 Å². The van der Waals surface area contributed by atoms with Crippen LogP contribution >= 0.6 is 0 Å². The van der Waals surface area contributed by atoms with Crippen molar-refractivity contribution in [3.05, 3.63) is 23.9 Å². The minimum absolute atomic E-state index is 0.102. The zero-order valence-corrected chi connectivity index (χ0v) is 14.5. The second-order valence-corrected chi connectivity index (χ2v) is 7.22. The Morgan fingerprint density at radius 1 is 1.25 bits per heavy atom. The first-order chi connectivity index (χ1) is 11.0. The largest absolute Gasteiger partial charge is 0.481 e. The van der Waals surface area contributed by atoms with Crippen molar-refractivity contribution in [2.75, 3.05) is 5.32 Å². The molecule has 0 aliphatic heterocycles. The number of ether oxygens (including phenoxy) is 1. The van der Waals surface area contributed by atoms with Crippen molar-refractivity contribution in [1.29, 1.82) is 0 Å². The highest BCUT2D eigenvalue weighted by Gasteiger charge is 2.28. The van der Waals surface area contributed by atoms with E-state index in [1.807, 2.05) is 0 Å². The van der Waals surface area contributed by atoms with E-state index in [-0.39, 0.29) is 12.4 Å². The number of carbonyl (C=O) groups is 2.